The van der Waals surface area contributed by atoms with Gasteiger partial charge in [-0.1, -0.05) is 64.5 Å². The highest BCUT2D eigenvalue weighted by Crippen LogP contribution is 2.28. The highest BCUT2D eigenvalue weighted by atomic mass is 32.2. The topological polar surface area (TPSA) is 43.4 Å². The van der Waals surface area contributed by atoms with Crippen LogP contribution in [0.3, 0.4) is 0 Å². The van der Waals surface area contributed by atoms with Gasteiger partial charge in [0.15, 0.2) is 0 Å². The molecule has 0 aliphatic carbocycles. The molecule has 22 heavy (non-hydrogen) atoms. The summed E-state index contributed by atoms with van der Waals surface area (Å²) >= 11 is 0. The molecule has 0 heterocycles. The summed E-state index contributed by atoms with van der Waals surface area (Å²) in [7, 11) is -2.39. The summed E-state index contributed by atoms with van der Waals surface area (Å²) in [5, 5.41) is 0. The molecule has 3 nitrogen and oxygen atoms in total. The average molecular weight is 327 g/mol. The first kappa shape index (κ1) is 19.2. The molecule has 0 amide bonds. The molecule has 4 heteroatoms. The molecule has 0 saturated carbocycles. The lowest BCUT2D eigenvalue weighted by atomic mass is 9.89. The third-order valence-electron chi connectivity index (χ3n) is 4.15. The standard InChI is InChI=1S/C18H30O3S/c1-4-6-7-8-9-11-16(10-5-2)17-12-14-18(15-13-17)22(19,20)21-3/h12-16H,4-11H2,1-3H3. The minimum atomic E-state index is -3.58. The maximum absolute atomic E-state index is 11.7. The van der Waals surface area contributed by atoms with Gasteiger partial charge in [-0.15, -0.1) is 0 Å². The van der Waals surface area contributed by atoms with Gasteiger partial charge < -0.3 is 0 Å². The maximum atomic E-state index is 11.7. The maximum Gasteiger partial charge on any atom is 0.296 e. The molecule has 1 unspecified atom stereocenters. The molecule has 126 valence electrons. The van der Waals surface area contributed by atoms with Gasteiger partial charge in [0.2, 0.25) is 0 Å². The highest BCUT2D eigenvalue weighted by Gasteiger charge is 2.15. The second-order valence-corrected chi connectivity index (χ2v) is 7.59. The Hall–Kier alpha value is -0.870. The lowest BCUT2D eigenvalue weighted by Crippen LogP contribution is -2.04. The summed E-state index contributed by atoms with van der Waals surface area (Å²) in [4.78, 5) is 0.233. The van der Waals surface area contributed by atoms with Crippen molar-refractivity contribution in [1.82, 2.24) is 0 Å². The van der Waals surface area contributed by atoms with Gasteiger partial charge in [-0.2, -0.15) is 8.42 Å². The van der Waals surface area contributed by atoms with E-state index < -0.39 is 10.1 Å². The molecule has 0 N–H and O–H groups in total. The molecule has 0 aromatic heterocycles. The second kappa shape index (κ2) is 10.0. The van der Waals surface area contributed by atoms with Crippen LogP contribution in [0.15, 0.2) is 29.2 Å². The van der Waals surface area contributed by atoms with Gasteiger partial charge >= 0.3 is 0 Å². The zero-order valence-corrected chi connectivity index (χ0v) is 15.0. The quantitative estimate of drug-likeness (QED) is 0.411. The van der Waals surface area contributed by atoms with Gasteiger partial charge in [-0.3, -0.25) is 4.18 Å². The molecule has 0 fully saturated rings. The van der Waals surface area contributed by atoms with Crippen LogP contribution in [-0.4, -0.2) is 15.5 Å². The van der Waals surface area contributed by atoms with Crippen molar-refractivity contribution in [3.63, 3.8) is 0 Å². The minimum Gasteiger partial charge on any atom is -0.270 e. The lowest BCUT2D eigenvalue weighted by Gasteiger charge is -2.17. The van der Waals surface area contributed by atoms with Crippen LogP contribution in [0.4, 0.5) is 0 Å². The predicted octanol–water partition coefficient (Wildman–Crippen LogP) is 5.27. The molecule has 1 rings (SSSR count). The van der Waals surface area contributed by atoms with Crippen LogP contribution in [0, 0.1) is 0 Å². The monoisotopic (exact) mass is 326 g/mol. The van der Waals surface area contributed by atoms with Crippen molar-refractivity contribution in [3.8, 4) is 0 Å². The number of rotatable bonds is 11. The third kappa shape index (κ3) is 6.09. The van der Waals surface area contributed by atoms with Gasteiger partial charge in [0, 0.05) is 0 Å². The first-order valence-electron chi connectivity index (χ1n) is 8.45. The molecule has 1 aromatic carbocycles. The van der Waals surface area contributed by atoms with Gasteiger partial charge in [0.25, 0.3) is 10.1 Å². The van der Waals surface area contributed by atoms with E-state index in [1.165, 1.54) is 51.2 Å². The Morgan fingerprint density at radius 2 is 1.55 bits per heavy atom. The summed E-state index contributed by atoms with van der Waals surface area (Å²) < 4.78 is 27.9. The van der Waals surface area contributed by atoms with E-state index in [0.717, 1.165) is 12.8 Å². The predicted molar refractivity (Wildman–Crippen MR) is 91.7 cm³/mol. The fourth-order valence-electron chi connectivity index (χ4n) is 2.82. The van der Waals surface area contributed by atoms with E-state index in [9.17, 15) is 8.42 Å². The Labute approximate surface area is 136 Å². The van der Waals surface area contributed by atoms with Crippen LogP contribution in [0.5, 0.6) is 0 Å². The van der Waals surface area contributed by atoms with Crippen LogP contribution >= 0.6 is 0 Å². The van der Waals surface area contributed by atoms with Crippen molar-refractivity contribution in [2.24, 2.45) is 0 Å². The third-order valence-corrected chi connectivity index (χ3v) is 5.44. The summed E-state index contributed by atoms with van der Waals surface area (Å²) in [5.41, 5.74) is 1.24. The zero-order chi connectivity index (χ0) is 16.4. The van der Waals surface area contributed by atoms with Crippen molar-refractivity contribution >= 4 is 10.1 Å². The van der Waals surface area contributed by atoms with Crippen molar-refractivity contribution < 1.29 is 12.6 Å². The number of unbranched alkanes of at least 4 members (excludes halogenated alkanes) is 4. The number of benzene rings is 1. The Bertz CT molecular complexity index is 506. The smallest absolute Gasteiger partial charge is 0.270 e. The first-order valence-corrected chi connectivity index (χ1v) is 9.86. The van der Waals surface area contributed by atoms with Crippen LogP contribution in [0.1, 0.15) is 76.7 Å². The Kier molecular flexibility index (Phi) is 8.72. The summed E-state index contributed by atoms with van der Waals surface area (Å²) in [6, 6.07) is 7.21. The SMILES string of the molecule is CCCCCCCC(CCC)c1ccc(S(=O)(=O)OC)cc1. The van der Waals surface area contributed by atoms with Crippen molar-refractivity contribution in [1.29, 1.82) is 0 Å². The van der Waals surface area contributed by atoms with Crippen molar-refractivity contribution in [3.05, 3.63) is 29.8 Å². The van der Waals surface area contributed by atoms with Gasteiger partial charge in [-0.05, 0) is 36.5 Å². The number of hydrogen-bond acceptors (Lipinski definition) is 3. The molecule has 0 saturated heterocycles. The Morgan fingerprint density at radius 3 is 2.09 bits per heavy atom. The van der Waals surface area contributed by atoms with E-state index in [2.05, 4.69) is 18.0 Å². The van der Waals surface area contributed by atoms with E-state index in [0.29, 0.717) is 5.92 Å². The lowest BCUT2D eigenvalue weighted by molar-refractivity contribution is 0.397. The van der Waals surface area contributed by atoms with Gasteiger partial charge in [0.1, 0.15) is 0 Å². The van der Waals surface area contributed by atoms with Crippen LogP contribution < -0.4 is 0 Å². The molecular weight excluding hydrogens is 296 g/mol. The van der Waals surface area contributed by atoms with E-state index >= 15 is 0 Å². The zero-order valence-electron chi connectivity index (χ0n) is 14.2. The molecule has 0 radical (unpaired) electrons. The molecule has 0 aliphatic rings. The largest absolute Gasteiger partial charge is 0.296 e. The summed E-state index contributed by atoms with van der Waals surface area (Å²) in [6.45, 7) is 4.43. The van der Waals surface area contributed by atoms with E-state index in [-0.39, 0.29) is 4.90 Å². The fraction of sp³-hybridized carbons (Fsp3) is 0.667. The average Bonchev–Trinajstić information content (AvgIpc) is 2.54. The highest BCUT2D eigenvalue weighted by molar-refractivity contribution is 7.86. The van der Waals surface area contributed by atoms with Crippen molar-refractivity contribution in [2.45, 2.75) is 76.0 Å². The van der Waals surface area contributed by atoms with Crippen molar-refractivity contribution in [2.75, 3.05) is 7.11 Å². The molecule has 0 aliphatic heterocycles. The van der Waals surface area contributed by atoms with Crippen LogP contribution in [0.25, 0.3) is 0 Å². The molecular formula is C18H30O3S. The second-order valence-electron chi connectivity index (χ2n) is 5.88. The molecule has 0 bridgehead atoms. The molecule has 1 atom stereocenters. The Balaban J connectivity index is 2.67. The summed E-state index contributed by atoms with van der Waals surface area (Å²) in [5.74, 6) is 0.533. The Morgan fingerprint density at radius 1 is 0.909 bits per heavy atom. The van der Waals surface area contributed by atoms with E-state index in [4.69, 9.17) is 0 Å². The van der Waals surface area contributed by atoms with E-state index in [1.807, 2.05) is 12.1 Å². The normalized spacial score (nSPS) is 13.2. The van der Waals surface area contributed by atoms with Gasteiger partial charge in [0.05, 0.1) is 12.0 Å². The molecule has 1 aromatic rings. The summed E-state index contributed by atoms with van der Waals surface area (Å²) in [6.07, 6.45) is 9.96. The van der Waals surface area contributed by atoms with Crippen LogP contribution in [0.2, 0.25) is 0 Å². The minimum absolute atomic E-state index is 0.233. The molecule has 0 spiro atoms. The fourth-order valence-corrected chi connectivity index (χ4v) is 3.49. The van der Waals surface area contributed by atoms with Crippen LogP contribution in [-0.2, 0) is 14.3 Å². The van der Waals surface area contributed by atoms with E-state index in [1.54, 1.807) is 12.1 Å². The first-order chi connectivity index (χ1) is 10.5. The number of hydrogen-bond donors (Lipinski definition) is 0. The van der Waals surface area contributed by atoms with Gasteiger partial charge in [-0.25, -0.2) is 0 Å².